The molecule has 2 unspecified atom stereocenters. The zero-order valence-corrected chi connectivity index (χ0v) is 15.1. The summed E-state index contributed by atoms with van der Waals surface area (Å²) in [5.41, 5.74) is 0. The van der Waals surface area contributed by atoms with E-state index in [-0.39, 0.29) is 5.91 Å². The fourth-order valence-corrected chi connectivity index (χ4v) is 4.19. The van der Waals surface area contributed by atoms with Crippen LogP contribution in [-0.2, 0) is 9.59 Å². The zero-order chi connectivity index (χ0) is 16.7. The van der Waals surface area contributed by atoms with Crippen molar-refractivity contribution in [3.05, 3.63) is 0 Å². The molecule has 0 spiro atoms. The first-order chi connectivity index (χ1) is 11.1. The van der Waals surface area contributed by atoms with Gasteiger partial charge in [-0.2, -0.15) is 0 Å². The van der Waals surface area contributed by atoms with Crippen molar-refractivity contribution in [2.45, 2.75) is 71.1 Å². The third-order valence-electron chi connectivity index (χ3n) is 5.66. The average Bonchev–Trinajstić information content (AvgIpc) is 2.58. The summed E-state index contributed by atoms with van der Waals surface area (Å²) in [6, 6.07) is 0. The van der Waals surface area contributed by atoms with E-state index in [9.17, 15) is 9.59 Å². The molecule has 0 bridgehead atoms. The molecule has 2 atom stereocenters. The Balaban J connectivity index is 1.62. The van der Waals surface area contributed by atoms with Gasteiger partial charge in [-0.25, -0.2) is 0 Å². The van der Waals surface area contributed by atoms with E-state index < -0.39 is 0 Å². The third-order valence-corrected chi connectivity index (χ3v) is 5.66. The Morgan fingerprint density at radius 1 is 1.04 bits per heavy atom. The predicted octanol–water partition coefficient (Wildman–Crippen LogP) is 3.45. The first-order valence-electron chi connectivity index (χ1n) is 9.63. The Morgan fingerprint density at radius 3 is 2.48 bits per heavy atom. The van der Waals surface area contributed by atoms with E-state index in [2.05, 4.69) is 11.8 Å². The Hall–Kier alpha value is -1.06. The quantitative estimate of drug-likeness (QED) is 0.674. The van der Waals surface area contributed by atoms with Gasteiger partial charge in [-0.1, -0.05) is 26.2 Å². The minimum absolute atomic E-state index is 0.210. The maximum Gasteiger partial charge on any atom is 0.222 e. The van der Waals surface area contributed by atoms with E-state index in [0.717, 1.165) is 50.7 Å². The number of fused-ring (bicyclic) bond motifs is 1. The molecule has 0 aromatic rings. The van der Waals surface area contributed by atoms with E-state index >= 15 is 0 Å². The summed E-state index contributed by atoms with van der Waals surface area (Å²) < 4.78 is 0. The van der Waals surface area contributed by atoms with Crippen molar-refractivity contribution < 1.29 is 9.59 Å². The second-order valence-corrected chi connectivity index (χ2v) is 7.46. The highest BCUT2D eigenvalue weighted by Crippen LogP contribution is 2.36. The Kier molecular flexibility index (Phi) is 7.38. The summed E-state index contributed by atoms with van der Waals surface area (Å²) in [6.45, 7) is 4.85. The van der Waals surface area contributed by atoms with Crippen LogP contribution in [0.1, 0.15) is 71.1 Å². The highest BCUT2D eigenvalue weighted by Gasteiger charge is 2.32. The van der Waals surface area contributed by atoms with Crippen molar-refractivity contribution in [2.75, 3.05) is 26.7 Å². The van der Waals surface area contributed by atoms with Crippen molar-refractivity contribution in [1.29, 1.82) is 0 Å². The number of hydrogen-bond acceptors (Lipinski definition) is 2. The second-order valence-electron chi connectivity index (χ2n) is 7.46. The summed E-state index contributed by atoms with van der Waals surface area (Å²) in [5.74, 6) is 2.15. The van der Waals surface area contributed by atoms with Crippen LogP contribution in [0.15, 0.2) is 0 Å². The van der Waals surface area contributed by atoms with Gasteiger partial charge in [0.15, 0.2) is 0 Å². The molecule has 0 radical (unpaired) electrons. The molecule has 1 saturated carbocycles. The predicted molar refractivity (Wildman–Crippen MR) is 93.0 cm³/mol. The van der Waals surface area contributed by atoms with Crippen LogP contribution in [0.3, 0.4) is 0 Å². The molecule has 0 aromatic carbocycles. The average molecular weight is 322 g/mol. The molecule has 2 amide bonds. The van der Waals surface area contributed by atoms with Crippen LogP contribution in [0.5, 0.6) is 0 Å². The molecule has 2 rings (SSSR count). The normalized spacial score (nSPS) is 24.2. The smallest absolute Gasteiger partial charge is 0.222 e. The van der Waals surface area contributed by atoms with Gasteiger partial charge in [0, 0.05) is 39.5 Å². The van der Waals surface area contributed by atoms with E-state index in [1.807, 2.05) is 7.05 Å². The number of likely N-dealkylation sites (tertiary alicyclic amines) is 1. The summed E-state index contributed by atoms with van der Waals surface area (Å²) in [7, 11) is 1.87. The summed E-state index contributed by atoms with van der Waals surface area (Å²) in [5, 5.41) is 0. The standard InChI is InChI=1S/C19H34N2O2/c1-3-13-20(2)18(22)10-6-7-11-19(23)21-14-12-16-8-4-5-9-17(16)15-21/h16-17H,3-15H2,1-2H3. The molecule has 23 heavy (non-hydrogen) atoms. The molecular formula is C19H34N2O2. The van der Waals surface area contributed by atoms with Crippen LogP contribution in [0, 0.1) is 11.8 Å². The molecule has 4 nitrogen and oxygen atoms in total. The lowest BCUT2D eigenvalue weighted by atomic mass is 9.75. The van der Waals surface area contributed by atoms with E-state index in [1.54, 1.807) is 4.90 Å². The van der Waals surface area contributed by atoms with Gasteiger partial charge in [-0.05, 0) is 43.9 Å². The lowest BCUT2D eigenvalue weighted by Gasteiger charge is -2.41. The first-order valence-corrected chi connectivity index (χ1v) is 9.63. The van der Waals surface area contributed by atoms with E-state index in [4.69, 9.17) is 0 Å². The topological polar surface area (TPSA) is 40.6 Å². The Labute approximate surface area is 141 Å². The Bertz CT molecular complexity index is 397. The highest BCUT2D eigenvalue weighted by molar-refractivity contribution is 5.77. The summed E-state index contributed by atoms with van der Waals surface area (Å²) in [4.78, 5) is 28.1. The number of unbranched alkanes of at least 4 members (excludes halogenated alkanes) is 1. The molecular weight excluding hydrogens is 288 g/mol. The molecule has 0 aromatic heterocycles. The second kappa shape index (κ2) is 9.29. The lowest BCUT2D eigenvalue weighted by Crippen LogP contribution is -2.44. The minimum Gasteiger partial charge on any atom is -0.346 e. The highest BCUT2D eigenvalue weighted by atomic mass is 16.2. The van der Waals surface area contributed by atoms with Gasteiger partial charge in [0.25, 0.3) is 0 Å². The fraction of sp³-hybridized carbons (Fsp3) is 0.895. The molecule has 1 aliphatic carbocycles. The van der Waals surface area contributed by atoms with Crippen molar-refractivity contribution >= 4 is 11.8 Å². The number of rotatable bonds is 7. The Morgan fingerprint density at radius 2 is 1.74 bits per heavy atom. The largest absolute Gasteiger partial charge is 0.346 e. The molecule has 4 heteroatoms. The van der Waals surface area contributed by atoms with Crippen molar-refractivity contribution in [3.63, 3.8) is 0 Å². The van der Waals surface area contributed by atoms with Crippen LogP contribution >= 0.6 is 0 Å². The number of hydrogen-bond donors (Lipinski definition) is 0. The van der Waals surface area contributed by atoms with Gasteiger partial charge < -0.3 is 9.80 Å². The SMILES string of the molecule is CCCN(C)C(=O)CCCCC(=O)N1CCC2CCCCC2C1. The number of carbonyl (C=O) groups excluding carboxylic acids is 2. The van der Waals surface area contributed by atoms with Gasteiger partial charge in [-0.15, -0.1) is 0 Å². The van der Waals surface area contributed by atoms with E-state index in [1.165, 1.54) is 32.1 Å². The van der Waals surface area contributed by atoms with Crippen LogP contribution in [0.25, 0.3) is 0 Å². The molecule has 0 N–H and O–H groups in total. The zero-order valence-electron chi connectivity index (χ0n) is 15.1. The molecule has 132 valence electrons. The third kappa shape index (κ3) is 5.50. The summed E-state index contributed by atoms with van der Waals surface area (Å²) >= 11 is 0. The number of amides is 2. The lowest BCUT2D eigenvalue weighted by molar-refractivity contribution is -0.135. The van der Waals surface area contributed by atoms with Crippen molar-refractivity contribution in [1.82, 2.24) is 9.80 Å². The minimum atomic E-state index is 0.210. The number of piperidine rings is 1. The number of nitrogens with zero attached hydrogens (tertiary/aromatic N) is 2. The van der Waals surface area contributed by atoms with Crippen molar-refractivity contribution in [2.24, 2.45) is 11.8 Å². The number of carbonyl (C=O) groups is 2. The van der Waals surface area contributed by atoms with Gasteiger partial charge in [0.2, 0.25) is 11.8 Å². The fourth-order valence-electron chi connectivity index (χ4n) is 4.19. The monoisotopic (exact) mass is 322 g/mol. The van der Waals surface area contributed by atoms with Crippen LogP contribution in [-0.4, -0.2) is 48.3 Å². The molecule has 1 aliphatic heterocycles. The van der Waals surface area contributed by atoms with Crippen LogP contribution in [0.2, 0.25) is 0 Å². The van der Waals surface area contributed by atoms with Gasteiger partial charge in [-0.3, -0.25) is 9.59 Å². The maximum absolute atomic E-state index is 12.4. The van der Waals surface area contributed by atoms with Crippen LogP contribution < -0.4 is 0 Å². The molecule has 1 heterocycles. The van der Waals surface area contributed by atoms with Crippen LogP contribution in [0.4, 0.5) is 0 Å². The maximum atomic E-state index is 12.4. The van der Waals surface area contributed by atoms with Crippen molar-refractivity contribution in [3.8, 4) is 0 Å². The van der Waals surface area contributed by atoms with Gasteiger partial charge in [0.1, 0.15) is 0 Å². The molecule has 1 saturated heterocycles. The van der Waals surface area contributed by atoms with Gasteiger partial charge >= 0.3 is 0 Å². The molecule has 2 aliphatic rings. The first kappa shape index (κ1) is 18.3. The van der Waals surface area contributed by atoms with E-state index in [0.29, 0.717) is 18.7 Å². The van der Waals surface area contributed by atoms with Gasteiger partial charge in [0.05, 0.1) is 0 Å². The molecule has 2 fully saturated rings. The summed E-state index contributed by atoms with van der Waals surface area (Å²) in [6.07, 6.45) is 10.5.